The van der Waals surface area contributed by atoms with Crippen LogP contribution in [-0.4, -0.2) is 11.8 Å². The average molecular weight is 385 g/mol. The minimum Gasteiger partial charge on any atom is -0.322 e. The summed E-state index contributed by atoms with van der Waals surface area (Å²) in [7, 11) is 0. The standard InChI is InChI=1S/C22H28N2O2S/c1-14-10-12-15(13-11-14)23-19(25)18-16-8-6-5-7-9-17(16)27-20(18)24-21(26)22(2,3)4/h10-13H,5-9H2,1-4H3,(H,23,25)(H,24,26). The number of hydrogen-bond acceptors (Lipinski definition) is 3. The lowest BCUT2D eigenvalue weighted by molar-refractivity contribution is -0.123. The molecule has 0 atom stereocenters. The van der Waals surface area contributed by atoms with E-state index in [1.165, 1.54) is 11.3 Å². The Hall–Kier alpha value is -2.14. The molecule has 1 aromatic heterocycles. The van der Waals surface area contributed by atoms with Gasteiger partial charge in [-0.25, -0.2) is 0 Å². The Bertz CT molecular complexity index is 844. The fourth-order valence-corrected chi connectivity index (χ4v) is 4.47. The van der Waals surface area contributed by atoms with Gasteiger partial charge in [0.1, 0.15) is 5.00 Å². The number of amides is 2. The first kappa shape index (κ1) is 19.6. The molecule has 0 spiro atoms. The van der Waals surface area contributed by atoms with E-state index in [2.05, 4.69) is 10.6 Å². The highest BCUT2D eigenvalue weighted by molar-refractivity contribution is 7.17. The second-order valence-corrected chi connectivity index (χ2v) is 9.40. The molecule has 1 heterocycles. The van der Waals surface area contributed by atoms with Crippen LogP contribution < -0.4 is 10.6 Å². The molecule has 0 saturated heterocycles. The number of carbonyl (C=O) groups is 2. The zero-order chi connectivity index (χ0) is 19.6. The van der Waals surface area contributed by atoms with Gasteiger partial charge >= 0.3 is 0 Å². The zero-order valence-corrected chi connectivity index (χ0v) is 17.4. The Labute approximate surface area is 165 Å². The zero-order valence-electron chi connectivity index (χ0n) is 16.6. The molecule has 0 bridgehead atoms. The number of benzene rings is 1. The van der Waals surface area contributed by atoms with Crippen molar-refractivity contribution in [2.24, 2.45) is 5.41 Å². The van der Waals surface area contributed by atoms with Crippen molar-refractivity contribution in [2.75, 3.05) is 10.6 Å². The topological polar surface area (TPSA) is 58.2 Å². The summed E-state index contributed by atoms with van der Waals surface area (Å²) in [5.74, 6) is -0.203. The van der Waals surface area contributed by atoms with Gasteiger partial charge in [-0.05, 0) is 50.3 Å². The SMILES string of the molecule is Cc1ccc(NC(=O)c2c(NC(=O)C(C)(C)C)sc3c2CCCCC3)cc1. The predicted molar refractivity (Wildman–Crippen MR) is 113 cm³/mol. The molecule has 0 aliphatic heterocycles. The third kappa shape index (κ3) is 4.59. The molecule has 2 N–H and O–H groups in total. The van der Waals surface area contributed by atoms with Gasteiger partial charge < -0.3 is 10.6 Å². The Morgan fingerprint density at radius 3 is 2.30 bits per heavy atom. The number of rotatable bonds is 3. The summed E-state index contributed by atoms with van der Waals surface area (Å²) in [5.41, 5.74) is 3.18. The fourth-order valence-electron chi connectivity index (χ4n) is 3.19. The van der Waals surface area contributed by atoms with Gasteiger partial charge in [-0.15, -0.1) is 11.3 Å². The van der Waals surface area contributed by atoms with Crippen molar-refractivity contribution in [3.8, 4) is 0 Å². The number of anilines is 2. The van der Waals surface area contributed by atoms with Crippen LogP contribution in [0, 0.1) is 12.3 Å². The normalized spacial score (nSPS) is 14.2. The van der Waals surface area contributed by atoms with E-state index in [0.717, 1.165) is 42.5 Å². The minimum absolute atomic E-state index is 0.0664. The van der Waals surface area contributed by atoms with Crippen LogP contribution in [0.2, 0.25) is 0 Å². The number of nitrogens with one attached hydrogen (secondary N) is 2. The van der Waals surface area contributed by atoms with Gasteiger partial charge in [0, 0.05) is 16.0 Å². The first-order valence-corrected chi connectivity index (χ1v) is 10.4. The van der Waals surface area contributed by atoms with Gasteiger partial charge in [0.15, 0.2) is 0 Å². The highest BCUT2D eigenvalue weighted by Crippen LogP contribution is 2.38. The van der Waals surface area contributed by atoms with Crippen LogP contribution in [0.25, 0.3) is 0 Å². The van der Waals surface area contributed by atoms with Gasteiger partial charge in [-0.2, -0.15) is 0 Å². The number of hydrogen-bond donors (Lipinski definition) is 2. The Balaban J connectivity index is 1.95. The van der Waals surface area contributed by atoms with E-state index >= 15 is 0 Å². The molecule has 0 radical (unpaired) electrons. The van der Waals surface area contributed by atoms with Crippen molar-refractivity contribution >= 4 is 33.8 Å². The van der Waals surface area contributed by atoms with Crippen molar-refractivity contribution in [3.05, 3.63) is 45.8 Å². The highest BCUT2D eigenvalue weighted by Gasteiger charge is 2.28. The molecule has 0 fully saturated rings. The Kier molecular flexibility index (Phi) is 5.70. The lowest BCUT2D eigenvalue weighted by atomic mass is 9.95. The molecule has 0 unspecified atom stereocenters. The molecule has 1 aliphatic rings. The van der Waals surface area contributed by atoms with Crippen molar-refractivity contribution in [2.45, 2.75) is 59.8 Å². The first-order chi connectivity index (χ1) is 12.8. The Morgan fingerprint density at radius 2 is 1.63 bits per heavy atom. The third-order valence-corrected chi connectivity index (χ3v) is 6.07. The second kappa shape index (κ2) is 7.85. The van der Waals surface area contributed by atoms with Crippen molar-refractivity contribution in [3.63, 3.8) is 0 Å². The predicted octanol–water partition coefficient (Wildman–Crippen LogP) is 5.56. The van der Waals surface area contributed by atoms with E-state index in [9.17, 15) is 9.59 Å². The largest absolute Gasteiger partial charge is 0.322 e. The maximum atomic E-state index is 13.1. The molecular formula is C22H28N2O2S. The van der Waals surface area contributed by atoms with Crippen LogP contribution >= 0.6 is 11.3 Å². The summed E-state index contributed by atoms with van der Waals surface area (Å²) in [5, 5.41) is 6.72. The molecule has 5 heteroatoms. The van der Waals surface area contributed by atoms with Crippen molar-refractivity contribution in [1.29, 1.82) is 0 Å². The molecule has 4 nitrogen and oxygen atoms in total. The summed E-state index contributed by atoms with van der Waals surface area (Å²) in [4.78, 5) is 26.9. The first-order valence-electron chi connectivity index (χ1n) is 9.59. The molecule has 1 aliphatic carbocycles. The van der Waals surface area contributed by atoms with Crippen molar-refractivity contribution < 1.29 is 9.59 Å². The van der Waals surface area contributed by atoms with E-state index in [1.807, 2.05) is 52.0 Å². The smallest absolute Gasteiger partial charge is 0.258 e. The average Bonchev–Trinajstić information content (AvgIpc) is 2.77. The van der Waals surface area contributed by atoms with Gasteiger partial charge in [0.25, 0.3) is 5.91 Å². The fraction of sp³-hybridized carbons (Fsp3) is 0.455. The number of aryl methyl sites for hydroxylation is 2. The third-order valence-electron chi connectivity index (χ3n) is 4.87. The minimum atomic E-state index is -0.508. The van der Waals surface area contributed by atoms with Crippen LogP contribution in [0.1, 0.15) is 66.4 Å². The van der Waals surface area contributed by atoms with E-state index < -0.39 is 5.41 Å². The molecule has 1 aromatic carbocycles. The molecule has 144 valence electrons. The summed E-state index contributed by atoms with van der Waals surface area (Å²) in [6.07, 6.45) is 5.29. The van der Waals surface area contributed by atoms with E-state index in [-0.39, 0.29) is 11.8 Å². The molecule has 2 amide bonds. The van der Waals surface area contributed by atoms with Crippen LogP contribution in [-0.2, 0) is 17.6 Å². The summed E-state index contributed by atoms with van der Waals surface area (Å²) in [6.45, 7) is 7.66. The molecule has 2 aromatic rings. The molecular weight excluding hydrogens is 356 g/mol. The van der Waals surface area contributed by atoms with Crippen LogP contribution in [0.3, 0.4) is 0 Å². The molecule has 3 rings (SSSR count). The maximum absolute atomic E-state index is 13.1. The lowest BCUT2D eigenvalue weighted by Gasteiger charge is -2.18. The lowest BCUT2D eigenvalue weighted by Crippen LogP contribution is -2.28. The summed E-state index contributed by atoms with van der Waals surface area (Å²) in [6, 6.07) is 7.77. The van der Waals surface area contributed by atoms with Crippen LogP contribution in [0.15, 0.2) is 24.3 Å². The molecule has 27 heavy (non-hydrogen) atoms. The monoisotopic (exact) mass is 384 g/mol. The Morgan fingerprint density at radius 1 is 0.963 bits per heavy atom. The van der Waals surface area contributed by atoms with Crippen LogP contribution in [0.4, 0.5) is 10.7 Å². The summed E-state index contributed by atoms with van der Waals surface area (Å²) < 4.78 is 0. The quantitative estimate of drug-likeness (QED) is 0.680. The van der Waals surface area contributed by atoms with Crippen molar-refractivity contribution in [1.82, 2.24) is 0 Å². The van der Waals surface area contributed by atoms with E-state index in [1.54, 1.807) is 11.3 Å². The molecule has 0 saturated carbocycles. The number of carbonyl (C=O) groups excluding carboxylic acids is 2. The van der Waals surface area contributed by atoms with Gasteiger partial charge in [0.05, 0.1) is 5.56 Å². The highest BCUT2D eigenvalue weighted by atomic mass is 32.1. The van der Waals surface area contributed by atoms with Gasteiger partial charge in [-0.1, -0.05) is 44.9 Å². The maximum Gasteiger partial charge on any atom is 0.258 e. The second-order valence-electron chi connectivity index (χ2n) is 8.29. The van der Waals surface area contributed by atoms with Crippen LogP contribution in [0.5, 0.6) is 0 Å². The van der Waals surface area contributed by atoms with Gasteiger partial charge in [-0.3, -0.25) is 9.59 Å². The van der Waals surface area contributed by atoms with E-state index in [4.69, 9.17) is 0 Å². The van der Waals surface area contributed by atoms with Gasteiger partial charge in [0.2, 0.25) is 5.91 Å². The van der Waals surface area contributed by atoms with E-state index in [0.29, 0.717) is 10.6 Å². The number of thiophene rings is 1. The summed E-state index contributed by atoms with van der Waals surface area (Å²) >= 11 is 1.57. The number of fused-ring (bicyclic) bond motifs is 1.